The molecule has 1 aromatic carbocycles. The maximum atomic E-state index is 10.6. The molecule has 1 heteroatoms. The minimum atomic E-state index is 0.850. The summed E-state index contributed by atoms with van der Waals surface area (Å²) >= 11 is 0. The van der Waals surface area contributed by atoms with Crippen molar-refractivity contribution >= 4 is 12.4 Å². The van der Waals surface area contributed by atoms with Crippen LogP contribution in [-0.2, 0) is 4.79 Å². The average Bonchev–Trinajstić information content (AvgIpc) is 2.29. The number of carbonyl (C=O) groups excluding carboxylic acids is 1. The van der Waals surface area contributed by atoms with Crippen LogP contribution in [0.1, 0.15) is 25.3 Å². The molecule has 0 saturated carbocycles. The molecule has 0 heterocycles. The Kier molecular flexibility index (Phi) is 5.16. The van der Waals surface area contributed by atoms with Crippen molar-refractivity contribution in [2.24, 2.45) is 0 Å². The van der Waals surface area contributed by atoms with E-state index in [0.29, 0.717) is 0 Å². The first-order valence-electron chi connectivity index (χ1n) is 5.24. The van der Waals surface area contributed by atoms with Crippen LogP contribution < -0.4 is 0 Å². The summed E-state index contributed by atoms with van der Waals surface area (Å²) in [5.74, 6) is 0. The lowest BCUT2D eigenvalue weighted by molar-refractivity contribution is -0.105. The van der Waals surface area contributed by atoms with Crippen molar-refractivity contribution in [3.05, 3.63) is 53.6 Å². The highest BCUT2D eigenvalue weighted by Gasteiger charge is 1.89. The Bertz CT molecular complexity index is 347. The van der Waals surface area contributed by atoms with E-state index in [-0.39, 0.29) is 0 Å². The van der Waals surface area contributed by atoms with Gasteiger partial charge in [-0.15, -0.1) is 0 Å². The molecule has 0 amide bonds. The fourth-order valence-corrected chi connectivity index (χ4v) is 1.32. The molecule has 0 aliphatic rings. The Hall–Kier alpha value is -1.63. The second kappa shape index (κ2) is 6.77. The van der Waals surface area contributed by atoms with Crippen molar-refractivity contribution in [3.8, 4) is 0 Å². The van der Waals surface area contributed by atoms with Crippen LogP contribution in [0.25, 0.3) is 6.08 Å². The van der Waals surface area contributed by atoms with E-state index in [4.69, 9.17) is 0 Å². The molecule has 1 aromatic rings. The van der Waals surface area contributed by atoms with Gasteiger partial charge < -0.3 is 0 Å². The monoisotopic (exact) mass is 200 g/mol. The van der Waals surface area contributed by atoms with E-state index in [2.05, 4.69) is 6.92 Å². The summed E-state index contributed by atoms with van der Waals surface area (Å²) in [6.45, 7) is 2.07. The number of carbonyl (C=O) groups is 1. The first-order valence-corrected chi connectivity index (χ1v) is 5.24. The van der Waals surface area contributed by atoms with E-state index in [1.165, 1.54) is 0 Å². The highest BCUT2D eigenvalue weighted by molar-refractivity contribution is 5.74. The maximum absolute atomic E-state index is 10.6. The summed E-state index contributed by atoms with van der Waals surface area (Å²) in [5, 5.41) is 0. The van der Waals surface area contributed by atoms with Crippen LogP contribution in [0.5, 0.6) is 0 Å². The van der Waals surface area contributed by atoms with Gasteiger partial charge in [-0.2, -0.15) is 0 Å². The molecule has 0 radical (unpaired) electrons. The normalized spacial score (nSPS) is 11.9. The predicted molar refractivity (Wildman–Crippen MR) is 64.5 cm³/mol. The summed E-state index contributed by atoms with van der Waals surface area (Å²) in [6.07, 6.45) is 8.59. The lowest BCUT2D eigenvalue weighted by Crippen LogP contribution is -1.82. The van der Waals surface area contributed by atoms with Crippen LogP contribution in [0.3, 0.4) is 0 Å². The molecule has 1 rings (SSSR count). The standard InChI is InChI=1S/C14H16O/c1-2-7-14(12-15)11-6-10-13-8-4-3-5-9-13/h3-6,8-12H,2,7H2,1H3/b10-6+,14-11+. The Morgan fingerprint density at radius 3 is 2.60 bits per heavy atom. The minimum absolute atomic E-state index is 0.850. The third-order valence-electron chi connectivity index (χ3n) is 2.09. The smallest absolute Gasteiger partial charge is 0.146 e. The van der Waals surface area contributed by atoms with Gasteiger partial charge in [0.05, 0.1) is 0 Å². The third kappa shape index (κ3) is 4.41. The summed E-state index contributed by atoms with van der Waals surface area (Å²) in [6, 6.07) is 10.0. The molecule has 0 spiro atoms. The number of allylic oxidation sites excluding steroid dienone is 3. The second-order valence-electron chi connectivity index (χ2n) is 3.38. The van der Waals surface area contributed by atoms with Gasteiger partial charge in [0.1, 0.15) is 6.29 Å². The van der Waals surface area contributed by atoms with Crippen molar-refractivity contribution in [1.82, 2.24) is 0 Å². The van der Waals surface area contributed by atoms with Crippen LogP contribution in [0.2, 0.25) is 0 Å². The molecule has 0 N–H and O–H groups in total. The summed E-state index contributed by atoms with van der Waals surface area (Å²) in [4.78, 5) is 10.6. The van der Waals surface area contributed by atoms with Gasteiger partial charge >= 0.3 is 0 Å². The van der Waals surface area contributed by atoms with Crippen LogP contribution >= 0.6 is 0 Å². The quantitative estimate of drug-likeness (QED) is 0.403. The van der Waals surface area contributed by atoms with Crippen LogP contribution in [0, 0.1) is 0 Å². The summed E-state index contributed by atoms with van der Waals surface area (Å²) < 4.78 is 0. The SMILES string of the molecule is CCC/C(C=O)=C\C=C\c1ccccc1. The Labute approximate surface area is 91.1 Å². The van der Waals surface area contributed by atoms with E-state index in [1.807, 2.05) is 48.6 Å². The third-order valence-corrected chi connectivity index (χ3v) is 2.09. The predicted octanol–water partition coefficient (Wildman–Crippen LogP) is 3.63. The fourth-order valence-electron chi connectivity index (χ4n) is 1.32. The van der Waals surface area contributed by atoms with Crippen LogP contribution in [-0.4, -0.2) is 6.29 Å². The minimum Gasteiger partial charge on any atom is -0.298 e. The van der Waals surface area contributed by atoms with Crippen molar-refractivity contribution in [1.29, 1.82) is 0 Å². The van der Waals surface area contributed by atoms with Gasteiger partial charge in [0.15, 0.2) is 0 Å². The molecule has 0 aromatic heterocycles. The molecule has 1 nitrogen and oxygen atoms in total. The zero-order valence-corrected chi connectivity index (χ0v) is 9.02. The highest BCUT2D eigenvalue weighted by Crippen LogP contribution is 2.04. The lowest BCUT2D eigenvalue weighted by Gasteiger charge is -1.93. The van der Waals surface area contributed by atoms with E-state index in [0.717, 1.165) is 30.3 Å². The number of hydrogen-bond acceptors (Lipinski definition) is 1. The molecule has 0 fully saturated rings. The maximum Gasteiger partial charge on any atom is 0.146 e. The largest absolute Gasteiger partial charge is 0.298 e. The topological polar surface area (TPSA) is 17.1 Å². The van der Waals surface area contributed by atoms with E-state index in [9.17, 15) is 4.79 Å². The van der Waals surface area contributed by atoms with E-state index < -0.39 is 0 Å². The molecule has 0 unspecified atom stereocenters. The van der Waals surface area contributed by atoms with Gasteiger partial charge in [-0.05, 0) is 17.6 Å². The first kappa shape index (κ1) is 11.4. The first-order chi connectivity index (χ1) is 7.36. The fraction of sp³-hybridized carbons (Fsp3) is 0.214. The number of hydrogen-bond donors (Lipinski definition) is 0. The Balaban J connectivity index is 2.62. The zero-order valence-electron chi connectivity index (χ0n) is 9.02. The molecule has 0 aliphatic carbocycles. The second-order valence-corrected chi connectivity index (χ2v) is 3.38. The van der Waals surface area contributed by atoms with Gasteiger partial charge in [-0.25, -0.2) is 0 Å². The highest BCUT2D eigenvalue weighted by atomic mass is 16.1. The summed E-state index contributed by atoms with van der Waals surface area (Å²) in [5.41, 5.74) is 2.00. The van der Waals surface area contributed by atoms with Gasteiger partial charge in [0, 0.05) is 0 Å². The van der Waals surface area contributed by atoms with Crippen molar-refractivity contribution in [2.75, 3.05) is 0 Å². The van der Waals surface area contributed by atoms with Crippen molar-refractivity contribution in [2.45, 2.75) is 19.8 Å². The molecule has 0 bridgehead atoms. The Morgan fingerprint density at radius 1 is 1.27 bits per heavy atom. The van der Waals surface area contributed by atoms with Crippen molar-refractivity contribution < 1.29 is 4.79 Å². The van der Waals surface area contributed by atoms with Gasteiger partial charge in [-0.1, -0.05) is 61.9 Å². The number of benzene rings is 1. The van der Waals surface area contributed by atoms with E-state index in [1.54, 1.807) is 0 Å². The summed E-state index contributed by atoms with van der Waals surface area (Å²) in [7, 11) is 0. The number of rotatable bonds is 5. The lowest BCUT2D eigenvalue weighted by atomic mass is 10.1. The molecule has 0 saturated heterocycles. The molecule has 0 atom stereocenters. The Morgan fingerprint density at radius 2 is 2.00 bits per heavy atom. The van der Waals surface area contributed by atoms with Gasteiger partial charge in [-0.3, -0.25) is 4.79 Å². The molecule has 78 valence electrons. The van der Waals surface area contributed by atoms with Crippen LogP contribution in [0.4, 0.5) is 0 Å². The van der Waals surface area contributed by atoms with E-state index >= 15 is 0 Å². The van der Waals surface area contributed by atoms with Gasteiger partial charge in [0.25, 0.3) is 0 Å². The zero-order chi connectivity index (χ0) is 10.9. The molecule has 15 heavy (non-hydrogen) atoms. The molecule has 0 aliphatic heterocycles. The number of aldehydes is 1. The molecular formula is C14H16O. The van der Waals surface area contributed by atoms with Crippen LogP contribution in [0.15, 0.2) is 48.1 Å². The molecular weight excluding hydrogens is 184 g/mol. The average molecular weight is 200 g/mol. The van der Waals surface area contributed by atoms with Crippen molar-refractivity contribution in [3.63, 3.8) is 0 Å². The van der Waals surface area contributed by atoms with Gasteiger partial charge in [0.2, 0.25) is 0 Å².